The zero-order valence-corrected chi connectivity index (χ0v) is 24.0. The van der Waals surface area contributed by atoms with Crippen LogP contribution >= 0.6 is 0 Å². The number of rotatable bonds is 12. The van der Waals surface area contributed by atoms with Gasteiger partial charge in [-0.2, -0.15) is 4.98 Å². The quantitative estimate of drug-likeness (QED) is 0.114. The van der Waals surface area contributed by atoms with Crippen molar-refractivity contribution < 1.29 is 38.2 Å². The Morgan fingerprint density at radius 3 is 2.50 bits per heavy atom. The van der Waals surface area contributed by atoms with Gasteiger partial charge < -0.3 is 34.9 Å². The SMILES string of the molecule is COC(=O)[C@]1(Cc2ccc(N3C(=O)CNC(=O)c4cc(OCCOc5cc(C)nc(N)n5)ccc43)cc2)NC1(C=O)CC=O. The zero-order chi connectivity index (χ0) is 31.5. The molecule has 2 aromatic carbocycles. The summed E-state index contributed by atoms with van der Waals surface area (Å²) in [6, 6.07) is 13.2. The second-order valence-electron chi connectivity index (χ2n) is 10.3. The highest BCUT2D eigenvalue weighted by atomic mass is 16.5. The van der Waals surface area contributed by atoms with Crippen molar-refractivity contribution in [2.75, 3.05) is 37.5 Å². The number of anilines is 3. The van der Waals surface area contributed by atoms with E-state index in [4.69, 9.17) is 19.9 Å². The molecule has 5 rings (SSSR count). The first kappa shape index (κ1) is 30.1. The van der Waals surface area contributed by atoms with Gasteiger partial charge in [0, 0.05) is 30.3 Å². The lowest BCUT2D eigenvalue weighted by molar-refractivity contribution is -0.144. The number of fused-ring (bicyclic) bond motifs is 1. The van der Waals surface area contributed by atoms with Crippen molar-refractivity contribution in [3.05, 3.63) is 65.4 Å². The topological polar surface area (TPSA) is 202 Å². The van der Waals surface area contributed by atoms with Crippen molar-refractivity contribution in [2.24, 2.45) is 0 Å². The molecule has 4 N–H and O–H groups in total. The van der Waals surface area contributed by atoms with Gasteiger partial charge in [0.1, 0.15) is 42.6 Å². The van der Waals surface area contributed by atoms with E-state index in [1.54, 1.807) is 55.5 Å². The third-order valence-electron chi connectivity index (χ3n) is 7.49. The van der Waals surface area contributed by atoms with Gasteiger partial charge in [-0.15, -0.1) is 0 Å². The summed E-state index contributed by atoms with van der Waals surface area (Å²) in [5.74, 6) is -0.655. The van der Waals surface area contributed by atoms with Crippen LogP contribution in [0.3, 0.4) is 0 Å². The number of methoxy groups -OCH3 is 1. The second-order valence-corrected chi connectivity index (χ2v) is 10.3. The molecule has 0 radical (unpaired) electrons. The summed E-state index contributed by atoms with van der Waals surface area (Å²) >= 11 is 0. The molecule has 1 aromatic heterocycles. The normalized spacial score (nSPS) is 20.5. The number of nitrogens with two attached hydrogens (primary N) is 1. The third kappa shape index (κ3) is 5.66. The lowest BCUT2D eigenvalue weighted by atomic mass is 9.86. The van der Waals surface area contributed by atoms with Crippen molar-refractivity contribution in [2.45, 2.75) is 30.8 Å². The van der Waals surface area contributed by atoms with Crippen LogP contribution in [0.5, 0.6) is 11.6 Å². The highest BCUT2D eigenvalue weighted by Crippen LogP contribution is 2.43. The highest BCUT2D eigenvalue weighted by Gasteiger charge is 2.72. The first-order valence-corrected chi connectivity index (χ1v) is 13.6. The number of hydrogen-bond donors (Lipinski definition) is 3. The molecule has 1 saturated heterocycles. The van der Waals surface area contributed by atoms with E-state index in [9.17, 15) is 24.0 Å². The Labute approximate surface area is 251 Å². The van der Waals surface area contributed by atoms with Crippen LogP contribution in [0, 0.1) is 6.92 Å². The first-order valence-electron chi connectivity index (χ1n) is 13.6. The van der Waals surface area contributed by atoms with E-state index in [2.05, 4.69) is 20.6 Å². The smallest absolute Gasteiger partial charge is 0.328 e. The minimum atomic E-state index is -1.38. The highest BCUT2D eigenvalue weighted by molar-refractivity contribution is 6.13. The Kier molecular flexibility index (Phi) is 8.27. The maximum atomic E-state index is 13.2. The van der Waals surface area contributed by atoms with Gasteiger partial charge in [-0.1, -0.05) is 12.1 Å². The molecule has 0 spiro atoms. The number of nitrogens with one attached hydrogen (secondary N) is 2. The van der Waals surface area contributed by atoms with Crippen LogP contribution in [-0.4, -0.2) is 78.3 Å². The summed E-state index contributed by atoms with van der Waals surface area (Å²) in [6.07, 6.45) is 1.03. The molecule has 2 amide bonds. The molecule has 0 saturated carbocycles. The lowest BCUT2D eigenvalue weighted by Crippen LogP contribution is -2.39. The molecule has 1 fully saturated rings. The van der Waals surface area contributed by atoms with Crippen LogP contribution in [0.2, 0.25) is 0 Å². The summed E-state index contributed by atoms with van der Waals surface area (Å²) in [7, 11) is 1.21. The first-order chi connectivity index (χ1) is 21.1. The van der Waals surface area contributed by atoms with Gasteiger partial charge in [0.25, 0.3) is 11.8 Å². The van der Waals surface area contributed by atoms with E-state index < -0.39 is 23.0 Å². The number of aldehydes is 2. The van der Waals surface area contributed by atoms with E-state index in [0.29, 0.717) is 46.8 Å². The molecule has 3 heterocycles. The number of amides is 2. The van der Waals surface area contributed by atoms with Crippen LogP contribution in [-0.2, 0) is 30.3 Å². The van der Waals surface area contributed by atoms with E-state index >= 15 is 0 Å². The zero-order valence-electron chi connectivity index (χ0n) is 24.0. The minimum absolute atomic E-state index is 0.0751. The van der Waals surface area contributed by atoms with Gasteiger partial charge in [-0.25, -0.2) is 9.78 Å². The van der Waals surface area contributed by atoms with Crippen molar-refractivity contribution in [1.29, 1.82) is 0 Å². The van der Waals surface area contributed by atoms with Crippen molar-refractivity contribution in [3.63, 3.8) is 0 Å². The Hall–Kier alpha value is -5.37. The number of carbonyl (C=O) groups excluding carboxylic acids is 5. The number of esters is 1. The number of nitrogen functional groups attached to an aromatic ring is 1. The Bertz CT molecular complexity index is 1610. The molecule has 44 heavy (non-hydrogen) atoms. The van der Waals surface area contributed by atoms with Crippen LogP contribution in [0.4, 0.5) is 17.3 Å². The second kappa shape index (κ2) is 12.1. The van der Waals surface area contributed by atoms with Crippen molar-refractivity contribution in [3.8, 4) is 11.6 Å². The van der Waals surface area contributed by atoms with E-state index in [0.717, 1.165) is 0 Å². The average Bonchev–Trinajstić information content (AvgIpc) is 3.68. The number of aryl methyl sites for hydroxylation is 1. The minimum Gasteiger partial charge on any atom is -0.490 e. The van der Waals surface area contributed by atoms with Crippen molar-refractivity contribution >= 4 is 47.7 Å². The third-order valence-corrected chi connectivity index (χ3v) is 7.49. The van der Waals surface area contributed by atoms with E-state index in [1.807, 2.05) is 0 Å². The molecule has 228 valence electrons. The monoisotopic (exact) mass is 602 g/mol. The Morgan fingerprint density at radius 2 is 1.82 bits per heavy atom. The van der Waals surface area contributed by atoms with Gasteiger partial charge in [0.05, 0.1) is 24.9 Å². The molecule has 2 aliphatic heterocycles. The summed E-state index contributed by atoms with van der Waals surface area (Å²) in [4.78, 5) is 71.1. The molecule has 2 atom stereocenters. The van der Waals surface area contributed by atoms with Gasteiger partial charge >= 0.3 is 5.97 Å². The molecule has 0 bridgehead atoms. The fourth-order valence-corrected chi connectivity index (χ4v) is 5.31. The largest absolute Gasteiger partial charge is 0.490 e. The molecule has 1 unspecified atom stereocenters. The summed E-state index contributed by atoms with van der Waals surface area (Å²) < 4.78 is 16.3. The van der Waals surface area contributed by atoms with Crippen molar-refractivity contribution in [1.82, 2.24) is 20.6 Å². The fraction of sp³-hybridized carbons (Fsp3) is 0.300. The van der Waals surface area contributed by atoms with Gasteiger partial charge in [0.15, 0.2) is 0 Å². The van der Waals surface area contributed by atoms with Crippen LogP contribution in [0.25, 0.3) is 0 Å². The molecule has 3 aromatic rings. The van der Waals surface area contributed by atoms with Gasteiger partial charge in [-0.3, -0.25) is 19.8 Å². The maximum Gasteiger partial charge on any atom is 0.328 e. The van der Waals surface area contributed by atoms with Gasteiger partial charge in [-0.05, 0) is 42.8 Å². The maximum absolute atomic E-state index is 13.2. The average molecular weight is 603 g/mol. The molecule has 2 aliphatic rings. The predicted molar refractivity (Wildman–Crippen MR) is 156 cm³/mol. The lowest BCUT2D eigenvalue weighted by Gasteiger charge is -2.23. The number of aromatic nitrogens is 2. The summed E-state index contributed by atoms with van der Waals surface area (Å²) in [6.45, 7) is 1.84. The van der Waals surface area contributed by atoms with E-state index in [1.165, 1.54) is 12.0 Å². The molecule has 0 aliphatic carbocycles. The number of ether oxygens (including phenoxy) is 3. The molecule has 14 heteroatoms. The Morgan fingerprint density at radius 1 is 1.07 bits per heavy atom. The number of hydrogen-bond acceptors (Lipinski definition) is 12. The summed E-state index contributed by atoms with van der Waals surface area (Å²) in [5.41, 5.74) is 5.30. The van der Waals surface area contributed by atoms with Crippen LogP contribution < -0.4 is 30.7 Å². The molecule has 14 nitrogen and oxygen atoms in total. The molecular weight excluding hydrogens is 572 g/mol. The van der Waals surface area contributed by atoms with Crippen LogP contribution in [0.15, 0.2) is 48.5 Å². The summed E-state index contributed by atoms with van der Waals surface area (Å²) in [5, 5.41) is 5.49. The standard InChI is InChI=1S/C30H30N6O8/c1-18-13-24(34-28(31)33-18)44-12-11-43-21-7-8-23-22(14-21)26(40)32-16-25(39)36(23)20-5-3-19(4-6-20)15-30(27(41)42-2)29(17-38,35-30)9-10-37/h3-8,10,13-14,17,35H,9,11-12,15-16H2,1-2H3,(H,32,40)(H2,31,33,34)/t29?,30-/m0/s1. The van der Waals surface area contributed by atoms with Crippen LogP contribution in [0.1, 0.15) is 28.0 Å². The number of benzene rings is 2. The fourth-order valence-electron chi connectivity index (χ4n) is 5.31. The van der Waals surface area contributed by atoms with Gasteiger partial charge in [0.2, 0.25) is 11.8 Å². The predicted octanol–water partition coefficient (Wildman–Crippen LogP) is 0.817. The van der Waals surface area contributed by atoms with E-state index in [-0.39, 0.29) is 50.0 Å². The number of nitrogens with zero attached hydrogens (tertiary/aromatic N) is 3. The Balaban J connectivity index is 1.32. The number of carbonyl (C=O) groups is 5. The molecular formula is C30H30N6O8.